The standard InChI is InChI=1S/C30H48N4O5/c1-19(2)10-11-24-29(5,39-24)27-26(37-7)23(12-13-30(27)17-38-30)34(28(35)36)25(20(3)4)22-16-33(18-31-22)15-21-9-8-14-32(21)6/h10,16,18,20-21,23-27H,8-9,11-15,17H2,1-7H3,(H,35,36)/t21-,23-,24-,25?,26-,27-,29+,30+/m1/s1. The molecule has 1 spiro atoms. The number of epoxide rings is 2. The van der Waals surface area contributed by atoms with Crippen LogP contribution in [0.15, 0.2) is 24.2 Å². The summed E-state index contributed by atoms with van der Waals surface area (Å²) in [5.74, 6) is -0.00441. The van der Waals surface area contributed by atoms with Crippen molar-refractivity contribution in [2.24, 2.45) is 11.8 Å². The van der Waals surface area contributed by atoms with Gasteiger partial charge in [0.15, 0.2) is 0 Å². The molecule has 0 aromatic carbocycles. The molecule has 0 bridgehead atoms. The Morgan fingerprint density at radius 1 is 1.36 bits per heavy atom. The first kappa shape index (κ1) is 28.6. The van der Waals surface area contributed by atoms with E-state index in [1.807, 2.05) is 6.33 Å². The molecule has 1 saturated carbocycles. The van der Waals surface area contributed by atoms with E-state index in [9.17, 15) is 9.90 Å². The van der Waals surface area contributed by atoms with Gasteiger partial charge in [-0.15, -0.1) is 0 Å². The van der Waals surface area contributed by atoms with Crippen molar-refractivity contribution in [1.82, 2.24) is 19.4 Å². The Labute approximate surface area is 233 Å². The number of hydrogen-bond acceptors (Lipinski definition) is 6. The average Bonchev–Trinajstić information content (AvgIpc) is 3.66. The molecule has 0 radical (unpaired) electrons. The van der Waals surface area contributed by atoms with Gasteiger partial charge in [0, 0.05) is 31.8 Å². The van der Waals surface area contributed by atoms with Crippen molar-refractivity contribution >= 4 is 6.09 Å². The molecule has 1 aromatic rings. The summed E-state index contributed by atoms with van der Waals surface area (Å²) >= 11 is 0. The van der Waals surface area contributed by atoms with Crippen LogP contribution in [0.5, 0.6) is 0 Å². The van der Waals surface area contributed by atoms with E-state index in [1.54, 1.807) is 12.0 Å². The van der Waals surface area contributed by atoms with Gasteiger partial charge in [-0.2, -0.15) is 0 Å². The largest absolute Gasteiger partial charge is 0.465 e. The second-order valence-corrected chi connectivity index (χ2v) is 13.1. The third kappa shape index (κ3) is 5.39. The number of nitrogens with zero attached hydrogens (tertiary/aromatic N) is 4. The van der Waals surface area contributed by atoms with Crippen molar-refractivity contribution < 1.29 is 24.1 Å². The Bertz CT molecular complexity index is 1060. The van der Waals surface area contributed by atoms with E-state index in [1.165, 1.54) is 18.4 Å². The van der Waals surface area contributed by atoms with Gasteiger partial charge in [-0.1, -0.05) is 25.5 Å². The Hall–Kier alpha value is -1.94. The number of likely N-dealkylation sites (tertiary alicyclic amines) is 1. The lowest BCUT2D eigenvalue weighted by atomic mass is 9.67. The second kappa shape index (κ2) is 10.8. The minimum atomic E-state index is -0.930. The Morgan fingerprint density at radius 2 is 2.10 bits per heavy atom. The highest BCUT2D eigenvalue weighted by molar-refractivity contribution is 5.66. The molecule has 4 fully saturated rings. The normalized spacial score (nSPS) is 36.8. The average molecular weight is 545 g/mol. The van der Waals surface area contributed by atoms with E-state index >= 15 is 0 Å². The Morgan fingerprint density at radius 3 is 2.67 bits per heavy atom. The van der Waals surface area contributed by atoms with Gasteiger partial charge in [-0.25, -0.2) is 9.78 Å². The molecule has 3 saturated heterocycles. The molecule has 4 heterocycles. The quantitative estimate of drug-likeness (QED) is 0.336. The van der Waals surface area contributed by atoms with E-state index < -0.39 is 11.7 Å². The number of carboxylic acid groups (broad SMARTS) is 1. The summed E-state index contributed by atoms with van der Waals surface area (Å²) in [5, 5.41) is 10.7. The second-order valence-electron chi connectivity index (χ2n) is 13.1. The molecule has 4 aliphatic rings. The van der Waals surface area contributed by atoms with E-state index in [0.717, 1.165) is 31.6 Å². The molecule has 9 nitrogen and oxygen atoms in total. The first-order valence-electron chi connectivity index (χ1n) is 14.7. The summed E-state index contributed by atoms with van der Waals surface area (Å²) < 4.78 is 20.8. The van der Waals surface area contributed by atoms with Gasteiger partial charge in [-0.05, 0) is 72.4 Å². The van der Waals surface area contributed by atoms with E-state index in [0.29, 0.717) is 19.1 Å². The maximum Gasteiger partial charge on any atom is 0.408 e. The number of likely N-dealkylation sites (N-methyl/N-ethyl adjacent to an activating group) is 1. The van der Waals surface area contributed by atoms with Gasteiger partial charge < -0.3 is 28.8 Å². The topological polar surface area (TPSA) is 95.9 Å². The van der Waals surface area contributed by atoms with Crippen LogP contribution in [0.3, 0.4) is 0 Å². The van der Waals surface area contributed by atoms with E-state index in [-0.39, 0.29) is 41.7 Å². The van der Waals surface area contributed by atoms with Crippen molar-refractivity contribution in [1.29, 1.82) is 0 Å². The zero-order chi connectivity index (χ0) is 28.1. The molecular formula is C30H48N4O5. The smallest absolute Gasteiger partial charge is 0.408 e. The lowest BCUT2D eigenvalue weighted by Crippen LogP contribution is -2.61. The fraction of sp³-hybridized carbons (Fsp3) is 0.800. The van der Waals surface area contributed by atoms with E-state index in [4.69, 9.17) is 19.2 Å². The summed E-state index contributed by atoms with van der Waals surface area (Å²) in [6, 6.07) is -0.210. The highest BCUT2D eigenvalue weighted by atomic mass is 16.6. The highest BCUT2D eigenvalue weighted by Crippen LogP contribution is 2.60. The van der Waals surface area contributed by atoms with Crippen LogP contribution in [-0.4, -0.2) is 93.4 Å². The fourth-order valence-electron chi connectivity index (χ4n) is 7.62. The zero-order valence-electron chi connectivity index (χ0n) is 24.8. The van der Waals surface area contributed by atoms with Crippen molar-refractivity contribution in [2.45, 2.75) is 115 Å². The van der Waals surface area contributed by atoms with Crippen LogP contribution in [-0.2, 0) is 20.8 Å². The molecule has 39 heavy (non-hydrogen) atoms. The van der Waals surface area contributed by atoms with Crippen molar-refractivity contribution in [2.75, 3.05) is 27.3 Å². The molecular weight excluding hydrogens is 496 g/mol. The highest BCUT2D eigenvalue weighted by Gasteiger charge is 2.72. The molecule has 5 rings (SSSR count). The number of imidazole rings is 1. The maximum absolute atomic E-state index is 13.1. The van der Waals surface area contributed by atoms with Crippen LogP contribution < -0.4 is 0 Å². The molecule has 8 atom stereocenters. The number of aromatic nitrogens is 2. The van der Waals surface area contributed by atoms with Gasteiger partial charge in [-0.3, -0.25) is 4.90 Å². The van der Waals surface area contributed by atoms with Crippen LogP contribution in [0.1, 0.15) is 78.5 Å². The Balaban J connectivity index is 1.42. The fourth-order valence-corrected chi connectivity index (χ4v) is 7.62. The number of rotatable bonds is 10. The number of hydrogen-bond donors (Lipinski definition) is 1. The number of allylic oxidation sites excluding steroid dienone is 1. The minimum absolute atomic E-state index is 0.0424. The molecule has 1 unspecified atom stereocenters. The predicted molar refractivity (Wildman–Crippen MR) is 149 cm³/mol. The summed E-state index contributed by atoms with van der Waals surface area (Å²) in [4.78, 5) is 21.9. The number of ether oxygens (including phenoxy) is 3. The van der Waals surface area contributed by atoms with Gasteiger partial charge in [0.05, 0.1) is 48.5 Å². The van der Waals surface area contributed by atoms with Gasteiger partial charge >= 0.3 is 6.09 Å². The molecule has 1 amide bonds. The van der Waals surface area contributed by atoms with Crippen LogP contribution in [0.4, 0.5) is 4.79 Å². The van der Waals surface area contributed by atoms with Gasteiger partial charge in [0.25, 0.3) is 0 Å². The van der Waals surface area contributed by atoms with E-state index in [2.05, 4.69) is 63.4 Å². The van der Waals surface area contributed by atoms with Crippen LogP contribution in [0.25, 0.3) is 0 Å². The van der Waals surface area contributed by atoms with Crippen LogP contribution in [0.2, 0.25) is 0 Å². The zero-order valence-corrected chi connectivity index (χ0v) is 24.8. The molecule has 3 aliphatic heterocycles. The lowest BCUT2D eigenvalue weighted by molar-refractivity contribution is -0.102. The van der Waals surface area contributed by atoms with Crippen molar-refractivity contribution in [3.8, 4) is 0 Å². The third-order valence-electron chi connectivity index (χ3n) is 9.82. The summed E-state index contributed by atoms with van der Waals surface area (Å²) in [7, 11) is 3.88. The molecule has 9 heteroatoms. The van der Waals surface area contributed by atoms with Crippen LogP contribution >= 0.6 is 0 Å². The van der Waals surface area contributed by atoms with Crippen molar-refractivity contribution in [3.05, 3.63) is 29.9 Å². The third-order valence-corrected chi connectivity index (χ3v) is 9.82. The first-order valence-corrected chi connectivity index (χ1v) is 14.7. The molecule has 1 N–H and O–H groups in total. The summed E-state index contributed by atoms with van der Waals surface area (Å²) in [6.07, 6.45) is 9.68. The number of methoxy groups -OCH3 is 1. The van der Waals surface area contributed by atoms with Gasteiger partial charge in [0.1, 0.15) is 5.60 Å². The van der Waals surface area contributed by atoms with Crippen molar-refractivity contribution in [3.63, 3.8) is 0 Å². The van der Waals surface area contributed by atoms with Crippen LogP contribution in [0, 0.1) is 11.8 Å². The van der Waals surface area contributed by atoms with Gasteiger partial charge in [0.2, 0.25) is 0 Å². The first-order chi connectivity index (χ1) is 18.5. The maximum atomic E-state index is 13.1. The summed E-state index contributed by atoms with van der Waals surface area (Å²) in [5.41, 5.74) is 1.37. The molecule has 218 valence electrons. The number of amides is 1. The predicted octanol–water partition coefficient (Wildman–Crippen LogP) is 4.73. The SMILES string of the molecule is CO[C@@H]1[C@H](N(C(=O)O)C(c2cn(C[C@H]3CCCN3C)cn2)C(C)C)CC[C@]2(CO2)[C@H]1[C@@]1(C)O[C@@H]1CC=C(C)C. The molecule has 1 aromatic heterocycles. The molecule has 1 aliphatic carbocycles. The minimum Gasteiger partial charge on any atom is -0.465 e. The number of carbonyl (C=O) groups is 1. The summed E-state index contributed by atoms with van der Waals surface area (Å²) in [6.45, 7) is 13.2. The monoisotopic (exact) mass is 544 g/mol. The Kier molecular flexibility index (Phi) is 7.92. The lowest BCUT2D eigenvalue weighted by Gasteiger charge is -2.48.